The molecule has 0 aromatic carbocycles. The van der Waals surface area contributed by atoms with Crippen LogP contribution >= 0.6 is 0 Å². The van der Waals surface area contributed by atoms with E-state index in [0.717, 1.165) is 36.3 Å². The molecular weight excluding hydrogens is 340 g/mol. The van der Waals surface area contributed by atoms with Gasteiger partial charge in [0.15, 0.2) is 0 Å². The number of pyridine rings is 2. The molecule has 2 aliphatic rings. The molecule has 1 saturated heterocycles. The van der Waals surface area contributed by atoms with E-state index in [1.807, 2.05) is 6.07 Å². The first-order valence-corrected chi connectivity index (χ1v) is 9.23. The lowest BCUT2D eigenvalue weighted by Crippen LogP contribution is -2.20. The summed E-state index contributed by atoms with van der Waals surface area (Å²) in [7, 11) is 0. The maximum atomic E-state index is 7.55. The summed E-state index contributed by atoms with van der Waals surface area (Å²) in [6, 6.07) is 4.39. The Labute approximate surface area is 158 Å². The Morgan fingerprint density at radius 1 is 1.37 bits per heavy atom. The number of nitrogens with two attached hydrogens (primary N) is 2. The van der Waals surface area contributed by atoms with Crippen LogP contribution in [0.1, 0.15) is 41.3 Å². The molecule has 2 aliphatic heterocycles. The SMILES string of the molecule is N=C/C(=C\N)c1cc(-c2cc(C3CCCN3)c3c(n2)CCOC3)cnc1N. The predicted molar refractivity (Wildman–Crippen MR) is 106 cm³/mol. The third-order valence-electron chi connectivity index (χ3n) is 5.27. The number of hydrogen-bond acceptors (Lipinski definition) is 7. The molecule has 7 heteroatoms. The van der Waals surface area contributed by atoms with Crippen LogP contribution in [0.15, 0.2) is 24.5 Å². The average molecular weight is 364 g/mol. The molecule has 140 valence electrons. The molecular formula is C20H24N6O. The Morgan fingerprint density at radius 3 is 3.00 bits per heavy atom. The zero-order valence-corrected chi connectivity index (χ0v) is 15.2. The molecule has 1 unspecified atom stereocenters. The van der Waals surface area contributed by atoms with Gasteiger partial charge in [0.1, 0.15) is 5.82 Å². The van der Waals surface area contributed by atoms with Gasteiger partial charge in [0.2, 0.25) is 0 Å². The van der Waals surface area contributed by atoms with Gasteiger partial charge >= 0.3 is 0 Å². The van der Waals surface area contributed by atoms with Crippen molar-refractivity contribution in [3.05, 3.63) is 46.9 Å². The van der Waals surface area contributed by atoms with Gasteiger partial charge in [-0.1, -0.05) is 0 Å². The van der Waals surface area contributed by atoms with E-state index in [2.05, 4.69) is 16.4 Å². The number of nitrogen functional groups attached to an aromatic ring is 1. The monoisotopic (exact) mass is 364 g/mol. The van der Waals surface area contributed by atoms with Crippen LogP contribution in [0.25, 0.3) is 16.8 Å². The summed E-state index contributed by atoms with van der Waals surface area (Å²) in [5.41, 5.74) is 18.1. The van der Waals surface area contributed by atoms with Crippen molar-refractivity contribution >= 4 is 17.6 Å². The van der Waals surface area contributed by atoms with Crippen molar-refractivity contribution in [1.29, 1.82) is 5.41 Å². The first-order chi connectivity index (χ1) is 13.2. The second-order valence-corrected chi connectivity index (χ2v) is 6.90. The summed E-state index contributed by atoms with van der Waals surface area (Å²) < 4.78 is 5.69. The molecule has 2 aromatic rings. The van der Waals surface area contributed by atoms with Crippen LogP contribution in [-0.2, 0) is 17.8 Å². The number of fused-ring (bicyclic) bond motifs is 1. The zero-order chi connectivity index (χ0) is 18.8. The van der Waals surface area contributed by atoms with Crippen LogP contribution < -0.4 is 16.8 Å². The van der Waals surface area contributed by atoms with Crippen molar-refractivity contribution in [1.82, 2.24) is 15.3 Å². The number of anilines is 1. The van der Waals surface area contributed by atoms with Gasteiger partial charge in [0.05, 0.1) is 18.9 Å². The highest BCUT2D eigenvalue weighted by Crippen LogP contribution is 2.34. The molecule has 0 bridgehead atoms. The van der Waals surface area contributed by atoms with E-state index in [4.69, 9.17) is 26.6 Å². The lowest BCUT2D eigenvalue weighted by atomic mass is 9.94. The minimum absolute atomic E-state index is 0.337. The molecule has 4 heterocycles. The number of rotatable bonds is 4. The van der Waals surface area contributed by atoms with Crippen molar-refractivity contribution < 1.29 is 4.74 Å². The number of hydrogen-bond donors (Lipinski definition) is 4. The van der Waals surface area contributed by atoms with Gasteiger partial charge in [0.25, 0.3) is 0 Å². The van der Waals surface area contributed by atoms with Crippen molar-refractivity contribution in [3.63, 3.8) is 0 Å². The number of ether oxygens (including phenoxy) is 1. The fourth-order valence-electron chi connectivity index (χ4n) is 3.83. The number of nitrogens with zero attached hydrogens (tertiary/aromatic N) is 2. The number of aromatic nitrogens is 2. The Balaban J connectivity index is 1.83. The van der Waals surface area contributed by atoms with Crippen molar-refractivity contribution in [3.8, 4) is 11.3 Å². The highest BCUT2D eigenvalue weighted by molar-refractivity contribution is 6.10. The van der Waals surface area contributed by atoms with Crippen LogP contribution in [0.3, 0.4) is 0 Å². The van der Waals surface area contributed by atoms with E-state index >= 15 is 0 Å². The van der Waals surface area contributed by atoms with E-state index in [1.165, 1.54) is 30.0 Å². The summed E-state index contributed by atoms with van der Waals surface area (Å²) >= 11 is 0. The molecule has 7 nitrogen and oxygen atoms in total. The third kappa shape index (κ3) is 3.31. The Kier molecular flexibility index (Phi) is 4.87. The van der Waals surface area contributed by atoms with Gasteiger partial charge in [-0.25, -0.2) is 4.98 Å². The van der Waals surface area contributed by atoms with Gasteiger partial charge in [-0.3, -0.25) is 4.98 Å². The number of nitrogens with one attached hydrogen (secondary N) is 2. The highest BCUT2D eigenvalue weighted by atomic mass is 16.5. The lowest BCUT2D eigenvalue weighted by Gasteiger charge is -2.24. The topological polar surface area (TPSA) is 123 Å². The largest absolute Gasteiger partial charge is 0.404 e. The molecule has 0 amide bonds. The Morgan fingerprint density at radius 2 is 2.26 bits per heavy atom. The van der Waals surface area contributed by atoms with Crippen molar-refractivity contribution in [2.75, 3.05) is 18.9 Å². The summed E-state index contributed by atoms with van der Waals surface area (Å²) in [5.74, 6) is 0.350. The smallest absolute Gasteiger partial charge is 0.131 e. The molecule has 1 atom stereocenters. The average Bonchev–Trinajstić information content (AvgIpc) is 3.24. The predicted octanol–water partition coefficient (Wildman–Crippen LogP) is 2.17. The summed E-state index contributed by atoms with van der Waals surface area (Å²) in [6.45, 7) is 2.35. The molecule has 6 N–H and O–H groups in total. The second-order valence-electron chi connectivity index (χ2n) is 6.90. The normalized spacial score (nSPS) is 19.7. The van der Waals surface area contributed by atoms with Gasteiger partial charge in [-0.15, -0.1) is 0 Å². The van der Waals surface area contributed by atoms with Crippen LogP contribution in [0.5, 0.6) is 0 Å². The van der Waals surface area contributed by atoms with Crippen molar-refractivity contribution in [2.24, 2.45) is 5.73 Å². The number of allylic oxidation sites excluding steroid dienone is 1. The quantitative estimate of drug-likeness (QED) is 0.617. The first-order valence-electron chi connectivity index (χ1n) is 9.23. The summed E-state index contributed by atoms with van der Waals surface area (Å²) in [4.78, 5) is 9.21. The van der Waals surface area contributed by atoms with E-state index in [9.17, 15) is 0 Å². The molecule has 0 aliphatic carbocycles. The van der Waals surface area contributed by atoms with Crippen LogP contribution in [0.4, 0.5) is 5.82 Å². The highest BCUT2D eigenvalue weighted by Gasteiger charge is 2.25. The molecule has 0 saturated carbocycles. The molecule has 0 spiro atoms. The Bertz CT molecular complexity index is 902. The Hall–Kier alpha value is -2.77. The van der Waals surface area contributed by atoms with Crippen LogP contribution in [-0.4, -0.2) is 29.3 Å². The van der Waals surface area contributed by atoms with Gasteiger partial charge < -0.3 is 26.9 Å². The minimum Gasteiger partial charge on any atom is -0.404 e. The van der Waals surface area contributed by atoms with E-state index in [0.29, 0.717) is 36.2 Å². The fourth-order valence-corrected chi connectivity index (χ4v) is 3.83. The molecule has 2 aromatic heterocycles. The standard InChI is InChI=1S/C20H24N6O/c21-8-13(9-22)14-6-12(10-25-20(14)23)19-7-15(17-2-1-4-24-17)16-11-27-5-3-18(16)26-19/h6-10,17,21,24H,1-5,11,22H2,(H2,23,25)/b13-9+,21-8?. The van der Waals surface area contributed by atoms with Gasteiger partial charge in [-0.2, -0.15) is 0 Å². The molecule has 0 radical (unpaired) electrons. The maximum Gasteiger partial charge on any atom is 0.131 e. The molecule has 27 heavy (non-hydrogen) atoms. The zero-order valence-electron chi connectivity index (χ0n) is 15.2. The van der Waals surface area contributed by atoms with E-state index < -0.39 is 0 Å². The van der Waals surface area contributed by atoms with Crippen molar-refractivity contribution in [2.45, 2.75) is 31.9 Å². The summed E-state index contributed by atoms with van der Waals surface area (Å²) in [5, 5.41) is 11.1. The van der Waals surface area contributed by atoms with Crippen LogP contribution in [0.2, 0.25) is 0 Å². The first kappa shape index (κ1) is 17.6. The van der Waals surface area contributed by atoms with E-state index in [-0.39, 0.29) is 0 Å². The van der Waals surface area contributed by atoms with Crippen LogP contribution in [0, 0.1) is 5.41 Å². The second kappa shape index (κ2) is 7.46. The van der Waals surface area contributed by atoms with Gasteiger partial charge in [0, 0.05) is 59.0 Å². The molecule has 1 fully saturated rings. The third-order valence-corrected chi connectivity index (χ3v) is 5.27. The molecule has 4 rings (SSSR count). The fraction of sp³-hybridized carbons (Fsp3) is 0.350. The summed E-state index contributed by atoms with van der Waals surface area (Å²) in [6.07, 6.45) is 7.40. The van der Waals surface area contributed by atoms with E-state index in [1.54, 1.807) is 6.20 Å². The minimum atomic E-state index is 0.337. The maximum absolute atomic E-state index is 7.55. The van der Waals surface area contributed by atoms with Gasteiger partial charge in [-0.05, 0) is 37.1 Å². The lowest BCUT2D eigenvalue weighted by molar-refractivity contribution is 0.108.